The first-order valence-corrected chi connectivity index (χ1v) is 9.44. The fourth-order valence-corrected chi connectivity index (χ4v) is 5.99. The maximum Gasteiger partial charge on any atom is 0.187 e. The molecule has 0 saturated heterocycles. The summed E-state index contributed by atoms with van der Waals surface area (Å²) in [7, 11) is -0.0942. The third-order valence-corrected chi connectivity index (χ3v) is 7.12. The number of thiophene rings is 1. The van der Waals surface area contributed by atoms with Crippen molar-refractivity contribution < 1.29 is 0 Å². The van der Waals surface area contributed by atoms with Crippen molar-refractivity contribution in [3.05, 3.63) is 75.8 Å². The Labute approximate surface area is 148 Å². The molecular formula is C20H15Cl2S+. The summed E-state index contributed by atoms with van der Waals surface area (Å²) in [5.74, 6) is 0. The summed E-state index contributed by atoms with van der Waals surface area (Å²) in [5.41, 5.74) is 2.62. The van der Waals surface area contributed by atoms with Crippen molar-refractivity contribution in [2.24, 2.45) is 0 Å². The fraction of sp³-hybridized carbons (Fsp3) is 0.100. The molecule has 1 heterocycles. The normalized spacial score (nSPS) is 11.5. The number of fused-ring (bicyclic) bond motifs is 3. The Kier molecular flexibility index (Phi) is 3.60. The lowest BCUT2D eigenvalue weighted by Gasteiger charge is -2.00. The van der Waals surface area contributed by atoms with Gasteiger partial charge in [-0.25, -0.2) is 0 Å². The summed E-state index contributed by atoms with van der Waals surface area (Å²) in [6.45, 7) is 4.33. The monoisotopic (exact) mass is 357 g/mol. The molecule has 0 amide bonds. The third-order valence-electron chi connectivity index (χ3n) is 4.16. The average molecular weight is 358 g/mol. The van der Waals surface area contributed by atoms with Crippen LogP contribution in [0.5, 0.6) is 0 Å². The van der Waals surface area contributed by atoms with Crippen LogP contribution in [-0.2, 0) is 0 Å². The molecule has 0 aliphatic heterocycles. The number of aryl methyl sites for hydroxylation is 2. The predicted molar refractivity (Wildman–Crippen MR) is 105 cm³/mol. The summed E-state index contributed by atoms with van der Waals surface area (Å²) in [6, 6.07) is 19.1. The fourth-order valence-electron chi connectivity index (χ4n) is 3.17. The second-order valence-corrected chi connectivity index (χ2v) is 8.66. The van der Waals surface area contributed by atoms with Gasteiger partial charge in [-0.3, -0.25) is 0 Å². The van der Waals surface area contributed by atoms with Gasteiger partial charge in [0.1, 0.15) is 0 Å². The molecule has 0 nitrogen and oxygen atoms in total. The maximum atomic E-state index is 6.25. The zero-order chi connectivity index (χ0) is 16.1. The van der Waals surface area contributed by atoms with E-state index < -0.39 is 0 Å². The largest absolute Gasteiger partial charge is 0.187 e. The maximum absolute atomic E-state index is 6.25. The lowest BCUT2D eigenvalue weighted by Crippen LogP contribution is -1.80. The Morgan fingerprint density at radius 2 is 1.26 bits per heavy atom. The van der Waals surface area contributed by atoms with E-state index >= 15 is 0 Å². The Balaban J connectivity index is 2.20. The Hall–Kier alpha value is -1.54. The van der Waals surface area contributed by atoms with Gasteiger partial charge in [-0.1, -0.05) is 40.9 Å². The van der Waals surface area contributed by atoms with E-state index in [0.29, 0.717) is 0 Å². The van der Waals surface area contributed by atoms with Crippen LogP contribution in [0.3, 0.4) is 0 Å². The molecule has 0 spiro atoms. The van der Waals surface area contributed by atoms with Crippen LogP contribution in [0.2, 0.25) is 10.0 Å². The number of halogens is 2. The molecule has 1 aromatic heterocycles. The van der Waals surface area contributed by atoms with Crippen LogP contribution < -0.4 is 0 Å². The van der Waals surface area contributed by atoms with Gasteiger partial charge in [-0.15, -0.1) is 0 Å². The highest BCUT2D eigenvalue weighted by molar-refractivity contribution is 7.50. The van der Waals surface area contributed by atoms with Crippen LogP contribution in [0.1, 0.15) is 11.1 Å². The van der Waals surface area contributed by atoms with Crippen LogP contribution in [0.15, 0.2) is 54.6 Å². The van der Waals surface area contributed by atoms with Crippen LogP contribution in [0.4, 0.5) is 0 Å². The SMILES string of the molecule is Cc1ccc(-[s+]2c3ccc(Cl)cc3c3cc(Cl)ccc32)c(C)c1. The highest BCUT2D eigenvalue weighted by atomic mass is 35.5. The highest BCUT2D eigenvalue weighted by Crippen LogP contribution is 2.50. The minimum Gasteiger partial charge on any atom is -0.0843 e. The second kappa shape index (κ2) is 5.52. The number of rotatable bonds is 1. The summed E-state index contributed by atoms with van der Waals surface area (Å²) in [4.78, 5) is 1.38. The zero-order valence-electron chi connectivity index (χ0n) is 12.9. The molecule has 0 N–H and O–H groups in total. The van der Waals surface area contributed by atoms with Crippen molar-refractivity contribution in [2.45, 2.75) is 13.8 Å². The molecule has 0 unspecified atom stereocenters. The topological polar surface area (TPSA) is 0 Å². The first-order chi connectivity index (χ1) is 11.0. The van der Waals surface area contributed by atoms with Gasteiger partial charge in [0.2, 0.25) is 0 Å². The summed E-state index contributed by atoms with van der Waals surface area (Å²) < 4.78 is 2.66. The molecule has 3 aromatic carbocycles. The van der Waals surface area contributed by atoms with Gasteiger partial charge in [0.05, 0.1) is 0 Å². The van der Waals surface area contributed by atoms with E-state index in [2.05, 4.69) is 56.3 Å². The molecule has 0 atom stereocenters. The molecule has 4 rings (SSSR count). The van der Waals surface area contributed by atoms with Crippen LogP contribution >= 0.6 is 33.7 Å². The zero-order valence-corrected chi connectivity index (χ0v) is 15.2. The molecule has 23 heavy (non-hydrogen) atoms. The Morgan fingerprint density at radius 3 is 1.78 bits per heavy atom. The second-order valence-electron chi connectivity index (χ2n) is 5.86. The molecule has 0 bridgehead atoms. The number of benzene rings is 3. The molecule has 0 radical (unpaired) electrons. The van der Waals surface area contributed by atoms with E-state index in [1.54, 1.807) is 0 Å². The lowest BCUT2D eigenvalue weighted by atomic mass is 10.1. The summed E-state index contributed by atoms with van der Waals surface area (Å²) in [5, 5.41) is 3.94. The number of hydrogen-bond acceptors (Lipinski definition) is 0. The van der Waals surface area contributed by atoms with Gasteiger partial charge in [-0.05, 0) is 44.2 Å². The van der Waals surface area contributed by atoms with Gasteiger partial charge in [-0.2, -0.15) is 0 Å². The molecule has 4 aromatic rings. The van der Waals surface area contributed by atoms with Gasteiger partial charge in [0.15, 0.2) is 14.3 Å². The van der Waals surface area contributed by atoms with E-state index in [1.807, 2.05) is 12.1 Å². The van der Waals surface area contributed by atoms with Gasteiger partial charge < -0.3 is 0 Å². The van der Waals surface area contributed by atoms with Crippen molar-refractivity contribution in [2.75, 3.05) is 0 Å². The molecule has 0 fully saturated rings. The average Bonchev–Trinajstić information content (AvgIpc) is 2.81. The highest BCUT2D eigenvalue weighted by Gasteiger charge is 2.25. The molecule has 0 aliphatic carbocycles. The third kappa shape index (κ3) is 2.44. The van der Waals surface area contributed by atoms with Gasteiger partial charge >= 0.3 is 0 Å². The van der Waals surface area contributed by atoms with Crippen molar-refractivity contribution in [1.29, 1.82) is 0 Å². The van der Waals surface area contributed by atoms with E-state index in [0.717, 1.165) is 10.0 Å². The van der Waals surface area contributed by atoms with E-state index in [4.69, 9.17) is 23.2 Å². The first kappa shape index (κ1) is 15.0. The van der Waals surface area contributed by atoms with Crippen LogP contribution in [0.25, 0.3) is 25.1 Å². The minimum atomic E-state index is -0.0942. The summed E-state index contributed by atoms with van der Waals surface area (Å²) in [6.07, 6.45) is 0. The Morgan fingerprint density at radius 1 is 0.696 bits per heavy atom. The Bertz CT molecular complexity index is 1000. The van der Waals surface area contributed by atoms with E-state index in [-0.39, 0.29) is 10.5 Å². The predicted octanol–water partition coefficient (Wildman–Crippen LogP) is 7.65. The molecular weight excluding hydrogens is 343 g/mol. The van der Waals surface area contributed by atoms with Gasteiger partial charge in [0, 0.05) is 49.0 Å². The minimum absolute atomic E-state index is 0.0942. The van der Waals surface area contributed by atoms with E-state index in [9.17, 15) is 0 Å². The summed E-state index contributed by atoms with van der Waals surface area (Å²) >= 11 is 12.5. The van der Waals surface area contributed by atoms with Crippen molar-refractivity contribution in [3.8, 4) is 4.90 Å². The molecule has 3 heteroatoms. The molecule has 0 saturated carbocycles. The van der Waals surface area contributed by atoms with E-state index in [1.165, 1.54) is 36.2 Å². The molecule has 0 aliphatic rings. The number of hydrogen-bond donors (Lipinski definition) is 0. The van der Waals surface area contributed by atoms with Crippen molar-refractivity contribution >= 4 is 53.8 Å². The van der Waals surface area contributed by atoms with Gasteiger partial charge in [0.25, 0.3) is 0 Å². The standard InChI is InChI=1S/C20H15Cl2S/c1-12-3-6-18(13(2)9-12)23-19-7-4-14(21)10-16(19)17-11-15(22)5-8-20(17)23/h3-11H,1-2H3/q+1. The van der Waals surface area contributed by atoms with Crippen LogP contribution in [-0.4, -0.2) is 0 Å². The quantitative estimate of drug-likeness (QED) is 0.306. The van der Waals surface area contributed by atoms with Crippen molar-refractivity contribution in [3.63, 3.8) is 0 Å². The molecule has 114 valence electrons. The van der Waals surface area contributed by atoms with Crippen molar-refractivity contribution in [1.82, 2.24) is 0 Å². The smallest absolute Gasteiger partial charge is 0.0843 e. The first-order valence-electron chi connectivity index (χ1n) is 7.45. The van der Waals surface area contributed by atoms with Crippen LogP contribution in [0, 0.1) is 13.8 Å². The lowest BCUT2D eigenvalue weighted by molar-refractivity contribution is 1.41.